The molecule has 0 heterocycles. The first-order chi connectivity index (χ1) is 13.1. The van der Waals surface area contributed by atoms with E-state index < -0.39 is 0 Å². The molecule has 27 heavy (non-hydrogen) atoms. The molecule has 2 rings (SSSR count). The van der Waals surface area contributed by atoms with Gasteiger partial charge in [-0.25, -0.2) is 0 Å². The van der Waals surface area contributed by atoms with E-state index in [2.05, 4.69) is 18.3 Å². The molecule has 0 aliphatic rings. The van der Waals surface area contributed by atoms with Gasteiger partial charge in [-0.2, -0.15) is 0 Å². The zero-order chi connectivity index (χ0) is 19.5. The van der Waals surface area contributed by atoms with Crippen molar-refractivity contribution in [2.75, 3.05) is 13.2 Å². The van der Waals surface area contributed by atoms with E-state index in [-0.39, 0.29) is 11.2 Å². The molecule has 0 saturated heterocycles. The fourth-order valence-electron chi connectivity index (χ4n) is 2.67. The molecule has 2 aromatic carbocycles. The van der Waals surface area contributed by atoms with Gasteiger partial charge < -0.3 is 10.1 Å². The third-order valence-electron chi connectivity index (χ3n) is 4.11. The lowest BCUT2D eigenvalue weighted by molar-refractivity contribution is -0.120. The Balaban J connectivity index is 1.78. The number of para-hydroxylation sites is 1. The maximum absolute atomic E-state index is 12.5. The molecule has 0 spiro atoms. The summed E-state index contributed by atoms with van der Waals surface area (Å²) in [6, 6.07) is 15.8. The molecule has 0 aliphatic carbocycles. The smallest absolute Gasteiger partial charge is 0.233 e. The van der Waals surface area contributed by atoms with Crippen LogP contribution >= 0.6 is 23.4 Å². The van der Waals surface area contributed by atoms with Crippen molar-refractivity contribution in [3.05, 3.63) is 59.1 Å². The molecule has 0 aromatic heterocycles. The average molecular weight is 406 g/mol. The van der Waals surface area contributed by atoms with Gasteiger partial charge in [-0.05, 0) is 61.6 Å². The van der Waals surface area contributed by atoms with Crippen LogP contribution in [0.5, 0.6) is 5.75 Å². The van der Waals surface area contributed by atoms with Crippen LogP contribution in [0, 0.1) is 0 Å². The second-order valence-corrected chi connectivity index (χ2v) is 8.03. The van der Waals surface area contributed by atoms with E-state index in [1.54, 1.807) is 11.8 Å². The van der Waals surface area contributed by atoms with E-state index in [9.17, 15) is 4.79 Å². The lowest BCUT2D eigenvalue weighted by Gasteiger charge is -2.15. The van der Waals surface area contributed by atoms with Crippen molar-refractivity contribution in [2.45, 2.75) is 49.7 Å². The topological polar surface area (TPSA) is 38.3 Å². The Kier molecular flexibility index (Phi) is 9.57. The van der Waals surface area contributed by atoms with Gasteiger partial charge in [-0.3, -0.25) is 4.79 Å². The molecule has 0 radical (unpaired) electrons. The number of rotatable bonds is 11. The molecule has 1 amide bonds. The summed E-state index contributed by atoms with van der Waals surface area (Å²) in [6.07, 6.45) is 3.56. The Hall–Kier alpha value is -1.65. The van der Waals surface area contributed by atoms with Gasteiger partial charge in [-0.15, -0.1) is 11.8 Å². The average Bonchev–Trinajstić information content (AvgIpc) is 2.69. The van der Waals surface area contributed by atoms with Gasteiger partial charge in [0.05, 0.1) is 11.9 Å². The Morgan fingerprint density at radius 3 is 2.59 bits per heavy atom. The standard InChI is InChI=1S/C22H28ClNO2S/c1-3-16-26-20-10-6-5-8-17(20)9-7-15-24-22(25)21(4-2)27-19-13-11-18(23)12-14-19/h5-6,8,10-14,21H,3-4,7,9,15-16H2,1-2H3,(H,24,25)/t21-/m0/s1. The minimum Gasteiger partial charge on any atom is -0.493 e. The predicted octanol–water partition coefficient (Wildman–Crippen LogP) is 5.75. The fraction of sp³-hybridized carbons (Fsp3) is 0.409. The Labute approximate surface area is 171 Å². The third-order valence-corrected chi connectivity index (χ3v) is 5.74. The Bertz CT molecular complexity index is 706. The maximum Gasteiger partial charge on any atom is 0.233 e. The van der Waals surface area contributed by atoms with Gasteiger partial charge in [0.15, 0.2) is 0 Å². The molecule has 146 valence electrons. The fourth-order valence-corrected chi connectivity index (χ4v) is 3.77. The number of benzene rings is 2. The highest BCUT2D eigenvalue weighted by molar-refractivity contribution is 8.00. The quantitative estimate of drug-likeness (QED) is 0.382. The van der Waals surface area contributed by atoms with Crippen LogP contribution in [0.15, 0.2) is 53.4 Å². The molecular formula is C22H28ClNO2S. The Morgan fingerprint density at radius 1 is 1.15 bits per heavy atom. The van der Waals surface area contributed by atoms with Gasteiger partial charge in [-0.1, -0.05) is 43.6 Å². The molecule has 0 aliphatic heterocycles. The molecule has 5 heteroatoms. The van der Waals surface area contributed by atoms with Crippen molar-refractivity contribution in [1.29, 1.82) is 0 Å². The molecule has 1 N–H and O–H groups in total. The summed E-state index contributed by atoms with van der Waals surface area (Å²) in [5.41, 5.74) is 1.20. The van der Waals surface area contributed by atoms with Crippen LogP contribution in [0.1, 0.15) is 38.7 Å². The molecule has 0 bridgehead atoms. The zero-order valence-corrected chi connectivity index (χ0v) is 17.6. The van der Waals surface area contributed by atoms with Gasteiger partial charge in [0.1, 0.15) is 5.75 Å². The highest BCUT2D eigenvalue weighted by atomic mass is 35.5. The van der Waals surface area contributed by atoms with Gasteiger partial charge in [0, 0.05) is 16.5 Å². The molecule has 0 fully saturated rings. The predicted molar refractivity (Wildman–Crippen MR) is 115 cm³/mol. The first-order valence-electron chi connectivity index (χ1n) is 9.54. The number of carbonyl (C=O) groups is 1. The maximum atomic E-state index is 12.5. The van der Waals surface area contributed by atoms with Crippen LogP contribution in [0.25, 0.3) is 0 Å². The van der Waals surface area contributed by atoms with Crippen LogP contribution in [0.2, 0.25) is 5.02 Å². The van der Waals surface area contributed by atoms with Crippen molar-refractivity contribution in [1.82, 2.24) is 5.32 Å². The molecule has 0 unspecified atom stereocenters. The number of carbonyl (C=O) groups excluding carboxylic acids is 1. The summed E-state index contributed by atoms with van der Waals surface area (Å²) in [6.45, 7) is 5.53. The summed E-state index contributed by atoms with van der Waals surface area (Å²) in [5, 5.41) is 3.69. The monoisotopic (exact) mass is 405 g/mol. The molecular weight excluding hydrogens is 378 g/mol. The van der Waals surface area contributed by atoms with Gasteiger partial charge in [0.25, 0.3) is 0 Å². The normalized spacial score (nSPS) is 11.8. The first-order valence-corrected chi connectivity index (χ1v) is 10.8. The summed E-state index contributed by atoms with van der Waals surface area (Å²) in [5.74, 6) is 1.04. The van der Waals surface area contributed by atoms with Crippen LogP contribution < -0.4 is 10.1 Å². The van der Waals surface area contributed by atoms with E-state index in [1.807, 2.05) is 49.4 Å². The number of aryl methyl sites for hydroxylation is 1. The van der Waals surface area contributed by atoms with E-state index in [0.29, 0.717) is 11.6 Å². The number of halogens is 1. The highest BCUT2D eigenvalue weighted by Gasteiger charge is 2.17. The van der Waals surface area contributed by atoms with Gasteiger partial charge in [0.2, 0.25) is 5.91 Å². The van der Waals surface area contributed by atoms with Crippen LogP contribution in [-0.2, 0) is 11.2 Å². The Morgan fingerprint density at radius 2 is 1.89 bits per heavy atom. The number of ether oxygens (including phenoxy) is 1. The van der Waals surface area contributed by atoms with Crippen molar-refractivity contribution in [2.24, 2.45) is 0 Å². The molecule has 3 nitrogen and oxygen atoms in total. The third kappa shape index (κ3) is 7.47. The van der Waals surface area contributed by atoms with E-state index >= 15 is 0 Å². The first kappa shape index (κ1) is 21.6. The van der Waals surface area contributed by atoms with Crippen molar-refractivity contribution < 1.29 is 9.53 Å². The molecule has 0 saturated carbocycles. The molecule has 2 aromatic rings. The number of hydrogen-bond donors (Lipinski definition) is 1. The van der Waals surface area contributed by atoms with Gasteiger partial charge >= 0.3 is 0 Å². The highest BCUT2D eigenvalue weighted by Crippen LogP contribution is 2.27. The van der Waals surface area contributed by atoms with Crippen molar-refractivity contribution in [3.8, 4) is 5.75 Å². The van der Waals surface area contributed by atoms with Crippen LogP contribution in [0.3, 0.4) is 0 Å². The lowest BCUT2D eigenvalue weighted by Crippen LogP contribution is -2.33. The number of thioether (sulfide) groups is 1. The summed E-state index contributed by atoms with van der Waals surface area (Å²) < 4.78 is 5.79. The van der Waals surface area contributed by atoms with Crippen molar-refractivity contribution in [3.63, 3.8) is 0 Å². The van der Waals surface area contributed by atoms with Crippen LogP contribution in [-0.4, -0.2) is 24.3 Å². The SMILES string of the molecule is CCCOc1ccccc1CCCNC(=O)[C@H](CC)Sc1ccc(Cl)cc1. The number of nitrogens with one attached hydrogen (secondary N) is 1. The molecule has 1 atom stereocenters. The van der Waals surface area contributed by atoms with E-state index in [1.165, 1.54) is 5.56 Å². The second kappa shape index (κ2) is 11.9. The van der Waals surface area contributed by atoms with E-state index in [4.69, 9.17) is 16.3 Å². The minimum atomic E-state index is -0.0913. The van der Waals surface area contributed by atoms with E-state index in [0.717, 1.165) is 42.9 Å². The zero-order valence-electron chi connectivity index (χ0n) is 16.0. The number of amides is 1. The summed E-state index contributed by atoms with van der Waals surface area (Å²) in [4.78, 5) is 13.5. The summed E-state index contributed by atoms with van der Waals surface area (Å²) >= 11 is 7.50. The van der Waals surface area contributed by atoms with Crippen molar-refractivity contribution >= 4 is 29.3 Å². The largest absolute Gasteiger partial charge is 0.493 e. The number of hydrogen-bond acceptors (Lipinski definition) is 3. The lowest BCUT2D eigenvalue weighted by atomic mass is 10.1. The minimum absolute atomic E-state index is 0.0907. The second-order valence-electron chi connectivity index (χ2n) is 6.32. The van der Waals surface area contributed by atoms with Crippen LogP contribution in [0.4, 0.5) is 0 Å². The summed E-state index contributed by atoms with van der Waals surface area (Å²) in [7, 11) is 0.